The van der Waals surface area contributed by atoms with Gasteiger partial charge in [0.25, 0.3) is 0 Å². The number of fused-ring (bicyclic) bond motifs is 10. The van der Waals surface area contributed by atoms with E-state index in [1.54, 1.807) is 0 Å². The number of carbonyl (C=O) groups excluding carboxylic acids is 2. The highest BCUT2D eigenvalue weighted by Crippen LogP contribution is 2.63. The SMILES string of the molecule is COC(=O)C(C)CC1(CC2(CC(C)C(=O)OC)c3cc4ccccc4cc3-c3nc4ccccc4cc32)c2cc3ccccc3cc2-c2nc3ccccc3cc21. The van der Waals surface area contributed by atoms with Crippen molar-refractivity contribution in [2.45, 2.75) is 43.9 Å². The van der Waals surface area contributed by atoms with Crippen molar-refractivity contribution in [1.29, 1.82) is 0 Å². The molecule has 4 atom stereocenters. The van der Waals surface area contributed by atoms with Crippen molar-refractivity contribution in [2.75, 3.05) is 14.2 Å². The van der Waals surface area contributed by atoms with Gasteiger partial charge in [-0.3, -0.25) is 9.59 Å². The van der Waals surface area contributed by atoms with Crippen LogP contribution in [0.2, 0.25) is 0 Å². The zero-order valence-corrected chi connectivity index (χ0v) is 32.5. The Morgan fingerprint density at radius 1 is 0.491 bits per heavy atom. The van der Waals surface area contributed by atoms with E-state index in [9.17, 15) is 9.59 Å². The molecule has 8 aromatic rings. The van der Waals surface area contributed by atoms with Crippen LogP contribution in [-0.4, -0.2) is 36.1 Å². The molecule has 10 rings (SSSR count). The molecule has 0 bridgehead atoms. The molecule has 0 N–H and O–H groups in total. The summed E-state index contributed by atoms with van der Waals surface area (Å²) in [4.78, 5) is 38.3. The quantitative estimate of drug-likeness (QED) is 0.144. The van der Waals surface area contributed by atoms with Crippen LogP contribution in [0.25, 0.3) is 65.9 Å². The number of para-hydroxylation sites is 2. The monoisotopic (exact) mass is 746 g/mol. The van der Waals surface area contributed by atoms with Crippen molar-refractivity contribution in [1.82, 2.24) is 9.97 Å². The van der Waals surface area contributed by atoms with E-state index in [-0.39, 0.29) is 11.9 Å². The zero-order chi connectivity index (χ0) is 39.1. The molecule has 2 aromatic heterocycles. The molecule has 57 heavy (non-hydrogen) atoms. The highest BCUT2D eigenvalue weighted by molar-refractivity contribution is 5.98. The van der Waals surface area contributed by atoms with Gasteiger partial charge in [-0.05, 0) is 112 Å². The van der Waals surface area contributed by atoms with Crippen molar-refractivity contribution >= 4 is 55.3 Å². The molecule has 2 heterocycles. The molecule has 0 saturated carbocycles. The Hall–Kier alpha value is -6.40. The first-order chi connectivity index (χ1) is 27.7. The van der Waals surface area contributed by atoms with Crippen LogP contribution in [0.5, 0.6) is 0 Å². The van der Waals surface area contributed by atoms with Gasteiger partial charge in [0, 0.05) is 32.7 Å². The summed E-state index contributed by atoms with van der Waals surface area (Å²) in [5.74, 6) is -1.45. The zero-order valence-electron chi connectivity index (χ0n) is 32.5. The molecule has 0 fully saturated rings. The standard InChI is InChI=1S/C51H42N2O4/c1-30(48(54)56-3)27-50(40-23-34-15-7-5-13-32(34)21-38(40)46-42(50)25-36-17-9-11-19-44(36)52-46)29-51(28-31(2)49(55)57-4)41-24-35-16-8-6-14-33(35)22-39(41)47-43(51)26-37-18-10-12-20-45(37)53-47/h5-26,30-31H,27-29H2,1-4H3. The largest absolute Gasteiger partial charge is 0.469 e. The fraction of sp³-hybridized carbons (Fsp3) is 0.216. The van der Waals surface area contributed by atoms with E-state index in [1.807, 2.05) is 26.0 Å². The number of esters is 2. The van der Waals surface area contributed by atoms with Crippen LogP contribution in [0.1, 0.15) is 55.4 Å². The summed E-state index contributed by atoms with van der Waals surface area (Å²) in [5.41, 5.74) is 8.72. The molecule has 0 saturated heterocycles. The number of pyridine rings is 2. The summed E-state index contributed by atoms with van der Waals surface area (Å²) in [6.45, 7) is 3.95. The topological polar surface area (TPSA) is 78.4 Å². The van der Waals surface area contributed by atoms with Crippen molar-refractivity contribution < 1.29 is 19.1 Å². The normalized spacial score (nSPS) is 18.9. The number of ether oxygens (including phenoxy) is 2. The number of carbonyl (C=O) groups is 2. The van der Waals surface area contributed by atoms with Gasteiger partial charge in [0.1, 0.15) is 0 Å². The van der Waals surface area contributed by atoms with Crippen molar-refractivity contribution in [3.05, 3.63) is 156 Å². The molecule has 0 radical (unpaired) electrons. The first-order valence-corrected chi connectivity index (χ1v) is 19.8. The first kappa shape index (κ1) is 35.0. The summed E-state index contributed by atoms with van der Waals surface area (Å²) in [6.07, 6.45) is 1.47. The average molecular weight is 747 g/mol. The van der Waals surface area contributed by atoms with E-state index >= 15 is 0 Å². The van der Waals surface area contributed by atoms with E-state index in [2.05, 4.69) is 121 Å². The third-order valence-electron chi connectivity index (χ3n) is 12.9. The molecule has 280 valence electrons. The van der Waals surface area contributed by atoms with E-state index in [1.165, 1.54) is 14.2 Å². The fourth-order valence-electron chi connectivity index (χ4n) is 10.4. The Kier molecular flexibility index (Phi) is 8.05. The Morgan fingerprint density at radius 3 is 1.21 bits per heavy atom. The highest BCUT2D eigenvalue weighted by atomic mass is 16.5. The van der Waals surface area contributed by atoms with Gasteiger partial charge in [-0.1, -0.05) is 98.8 Å². The lowest BCUT2D eigenvalue weighted by Crippen LogP contribution is -2.41. The number of hydrogen-bond donors (Lipinski definition) is 0. The second-order valence-corrected chi connectivity index (χ2v) is 16.2. The number of methoxy groups -OCH3 is 2. The van der Waals surface area contributed by atoms with Crippen molar-refractivity contribution in [2.24, 2.45) is 11.8 Å². The minimum atomic E-state index is -0.759. The summed E-state index contributed by atoms with van der Waals surface area (Å²) in [5, 5.41) is 6.56. The number of nitrogens with zero attached hydrogens (tertiary/aromatic N) is 2. The van der Waals surface area contributed by atoms with Crippen LogP contribution in [-0.2, 0) is 29.9 Å². The van der Waals surface area contributed by atoms with E-state index in [4.69, 9.17) is 19.4 Å². The third kappa shape index (κ3) is 5.30. The molecule has 0 aliphatic heterocycles. The molecule has 6 aromatic carbocycles. The van der Waals surface area contributed by atoms with Gasteiger partial charge >= 0.3 is 11.9 Å². The first-order valence-electron chi connectivity index (χ1n) is 19.8. The highest BCUT2D eigenvalue weighted by Gasteiger charge is 2.55. The Bertz CT molecular complexity index is 2600. The van der Waals surface area contributed by atoms with Crippen LogP contribution in [0.4, 0.5) is 0 Å². The molecule has 0 amide bonds. The average Bonchev–Trinajstić information content (AvgIpc) is 3.63. The molecular weight excluding hydrogens is 705 g/mol. The van der Waals surface area contributed by atoms with Gasteiger partial charge in [0.05, 0.1) is 48.5 Å². The minimum Gasteiger partial charge on any atom is -0.469 e. The maximum Gasteiger partial charge on any atom is 0.308 e. The predicted octanol–water partition coefficient (Wildman–Crippen LogP) is 11.1. The Balaban J connectivity index is 1.35. The van der Waals surface area contributed by atoms with E-state index < -0.39 is 22.7 Å². The second-order valence-electron chi connectivity index (χ2n) is 16.2. The molecular formula is C51H42N2O4. The number of benzene rings is 6. The van der Waals surface area contributed by atoms with Gasteiger partial charge in [-0.15, -0.1) is 0 Å². The van der Waals surface area contributed by atoms with Crippen LogP contribution in [0.15, 0.2) is 133 Å². The third-order valence-corrected chi connectivity index (χ3v) is 12.9. The fourth-order valence-corrected chi connectivity index (χ4v) is 10.4. The van der Waals surface area contributed by atoms with Gasteiger partial charge in [-0.2, -0.15) is 0 Å². The molecule has 0 spiro atoms. The summed E-state index contributed by atoms with van der Waals surface area (Å²) in [6, 6.07) is 47.3. The summed E-state index contributed by atoms with van der Waals surface area (Å²) >= 11 is 0. The molecule has 2 aliphatic rings. The maximum absolute atomic E-state index is 13.7. The van der Waals surface area contributed by atoms with Crippen molar-refractivity contribution in [3.8, 4) is 22.5 Å². The second kappa shape index (κ2) is 13.1. The van der Waals surface area contributed by atoms with Crippen LogP contribution in [0.3, 0.4) is 0 Å². The van der Waals surface area contributed by atoms with Gasteiger partial charge in [-0.25, -0.2) is 9.97 Å². The van der Waals surface area contributed by atoms with Gasteiger partial charge < -0.3 is 9.47 Å². The smallest absolute Gasteiger partial charge is 0.308 e. The predicted molar refractivity (Wildman–Crippen MR) is 227 cm³/mol. The summed E-state index contributed by atoms with van der Waals surface area (Å²) in [7, 11) is 2.94. The van der Waals surface area contributed by atoms with Crippen LogP contribution in [0, 0.1) is 11.8 Å². The molecule has 6 heteroatoms. The number of aromatic nitrogens is 2. The lowest BCUT2D eigenvalue weighted by molar-refractivity contribution is -0.145. The Morgan fingerprint density at radius 2 is 0.825 bits per heavy atom. The summed E-state index contributed by atoms with van der Waals surface area (Å²) < 4.78 is 10.9. The molecule has 6 nitrogen and oxygen atoms in total. The van der Waals surface area contributed by atoms with Gasteiger partial charge in [0.15, 0.2) is 0 Å². The van der Waals surface area contributed by atoms with Crippen LogP contribution >= 0.6 is 0 Å². The van der Waals surface area contributed by atoms with E-state index in [0.29, 0.717) is 19.3 Å². The Labute approximate surface area is 331 Å². The maximum atomic E-state index is 13.7. The minimum absolute atomic E-state index is 0.262. The lowest BCUT2D eigenvalue weighted by Gasteiger charge is -2.44. The lowest BCUT2D eigenvalue weighted by atomic mass is 9.58. The van der Waals surface area contributed by atoms with Crippen molar-refractivity contribution in [3.63, 3.8) is 0 Å². The van der Waals surface area contributed by atoms with Gasteiger partial charge in [0.2, 0.25) is 0 Å². The van der Waals surface area contributed by atoms with Crippen LogP contribution < -0.4 is 0 Å². The molecule has 2 aliphatic carbocycles. The number of hydrogen-bond acceptors (Lipinski definition) is 6. The van der Waals surface area contributed by atoms with E-state index in [0.717, 1.165) is 88.1 Å². The number of rotatable bonds is 8. The molecule has 4 unspecified atom stereocenters.